The van der Waals surface area contributed by atoms with Crippen LogP contribution in [0.15, 0.2) is 12.1 Å². The topological polar surface area (TPSA) is 80.5 Å². The number of methoxy groups -OCH3 is 1. The number of hydrogen-bond acceptors (Lipinski definition) is 5. The van der Waals surface area contributed by atoms with Crippen molar-refractivity contribution in [2.24, 2.45) is 5.84 Å². The van der Waals surface area contributed by atoms with Gasteiger partial charge in [0.1, 0.15) is 5.82 Å². The van der Waals surface area contributed by atoms with E-state index in [2.05, 4.69) is 10.4 Å². The molecule has 0 unspecified atom stereocenters. The van der Waals surface area contributed by atoms with Gasteiger partial charge < -0.3 is 15.1 Å². The van der Waals surface area contributed by atoms with Gasteiger partial charge in [0.25, 0.3) is 5.91 Å². The molecule has 0 radical (unpaired) electrons. The highest BCUT2D eigenvalue weighted by molar-refractivity contribution is 5.94. The van der Waals surface area contributed by atoms with Crippen LogP contribution in [-0.4, -0.2) is 43.1 Å². The lowest BCUT2D eigenvalue weighted by Crippen LogP contribution is -2.30. The molecule has 1 aromatic rings. The van der Waals surface area contributed by atoms with E-state index in [-0.39, 0.29) is 5.91 Å². The molecule has 0 saturated heterocycles. The monoisotopic (exact) mass is 238 g/mol. The molecule has 0 spiro atoms. The number of ether oxygens (including phenoxy) is 1. The van der Waals surface area contributed by atoms with Crippen molar-refractivity contribution >= 4 is 11.7 Å². The third-order valence-electron chi connectivity index (χ3n) is 2.33. The first kappa shape index (κ1) is 13.4. The zero-order chi connectivity index (χ0) is 12.8. The van der Waals surface area contributed by atoms with E-state index in [0.29, 0.717) is 24.5 Å². The van der Waals surface area contributed by atoms with E-state index in [1.807, 2.05) is 6.92 Å². The lowest BCUT2D eigenvalue weighted by molar-refractivity contribution is 0.0744. The summed E-state index contributed by atoms with van der Waals surface area (Å²) in [5, 5.41) is 0. The number of nitrogens with one attached hydrogen (secondary N) is 1. The van der Waals surface area contributed by atoms with E-state index in [0.717, 1.165) is 5.69 Å². The minimum atomic E-state index is -0.0796. The molecule has 0 aromatic carbocycles. The van der Waals surface area contributed by atoms with Crippen molar-refractivity contribution in [1.29, 1.82) is 0 Å². The Morgan fingerprint density at radius 1 is 1.59 bits per heavy atom. The molecule has 0 bridgehead atoms. The SMILES string of the molecule is COCCN(C)C(=O)c1cc(C)nc(NN)c1. The van der Waals surface area contributed by atoms with Gasteiger partial charge in [0.2, 0.25) is 0 Å². The summed E-state index contributed by atoms with van der Waals surface area (Å²) in [6.45, 7) is 2.86. The van der Waals surface area contributed by atoms with E-state index in [9.17, 15) is 4.79 Å². The van der Waals surface area contributed by atoms with E-state index in [4.69, 9.17) is 10.6 Å². The number of aromatic nitrogens is 1. The molecule has 0 aliphatic rings. The number of likely N-dealkylation sites (N-methyl/N-ethyl adjacent to an activating group) is 1. The van der Waals surface area contributed by atoms with Gasteiger partial charge in [0, 0.05) is 32.0 Å². The van der Waals surface area contributed by atoms with Crippen molar-refractivity contribution < 1.29 is 9.53 Å². The summed E-state index contributed by atoms with van der Waals surface area (Å²) in [7, 11) is 3.33. The first-order valence-corrected chi connectivity index (χ1v) is 5.28. The zero-order valence-electron chi connectivity index (χ0n) is 10.4. The maximum atomic E-state index is 12.0. The van der Waals surface area contributed by atoms with Gasteiger partial charge in [-0.15, -0.1) is 0 Å². The van der Waals surface area contributed by atoms with Crippen molar-refractivity contribution in [1.82, 2.24) is 9.88 Å². The summed E-state index contributed by atoms with van der Waals surface area (Å²) < 4.78 is 4.93. The van der Waals surface area contributed by atoms with Crippen LogP contribution in [0.4, 0.5) is 5.82 Å². The van der Waals surface area contributed by atoms with E-state index in [1.165, 1.54) is 0 Å². The molecule has 1 amide bonds. The second-order valence-electron chi connectivity index (χ2n) is 3.75. The molecule has 0 saturated carbocycles. The highest BCUT2D eigenvalue weighted by Crippen LogP contribution is 2.11. The number of aryl methyl sites for hydroxylation is 1. The second kappa shape index (κ2) is 6.17. The van der Waals surface area contributed by atoms with Crippen LogP contribution in [0.25, 0.3) is 0 Å². The number of nitrogens with two attached hydrogens (primary N) is 1. The predicted octanol–water partition coefficient (Wildman–Crippen LogP) is 0.394. The van der Waals surface area contributed by atoms with Crippen molar-refractivity contribution in [3.63, 3.8) is 0 Å². The number of rotatable bonds is 5. The Labute approximate surface area is 101 Å². The normalized spacial score (nSPS) is 10.1. The van der Waals surface area contributed by atoms with Crippen molar-refractivity contribution in [2.75, 3.05) is 32.7 Å². The summed E-state index contributed by atoms with van der Waals surface area (Å²) in [4.78, 5) is 17.8. The van der Waals surface area contributed by atoms with Crippen LogP contribution in [0.5, 0.6) is 0 Å². The van der Waals surface area contributed by atoms with Gasteiger partial charge in [-0.1, -0.05) is 0 Å². The average molecular weight is 238 g/mol. The molecule has 1 rings (SSSR count). The number of carbonyl (C=O) groups is 1. The van der Waals surface area contributed by atoms with Gasteiger partial charge in [-0.25, -0.2) is 10.8 Å². The minimum absolute atomic E-state index is 0.0796. The largest absolute Gasteiger partial charge is 0.383 e. The number of nitrogens with zero attached hydrogens (tertiary/aromatic N) is 2. The van der Waals surface area contributed by atoms with Gasteiger partial charge in [-0.2, -0.15) is 0 Å². The molecule has 1 aromatic heterocycles. The number of hydrazine groups is 1. The van der Waals surface area contributed by atoms with Crippen LogP contribution in [0.1, 0.15) is 16.1 Å². The molecular formula is C11H18N4O2. The van der Waals surface area contributed by atoms with Gasteiger partial charge >= 0.3 is 0 Å². The van der Waals surface area contributed by atoms with E-state index < -0.39 is 0 Å². The predicted molar refractivity (Wildman–Crippen MR) is 65.6 cm³/mol. The number of carbonyl (C=O) groups excluding carboxylic acids is 1. The van der Waals surface area contributed by atoms with Crippen molar-refractivity contribution in [3.8, 4) is 0 Å². The second-order valence-corrected chi connectivity index (χ2v) is 3.75. The fourth-order valence-electron chi connectivity index (χ4n) is 1.42. The molecular weight excluding hydrogens is 220 g/mol. The van der Waals surface area contributed by atoms with Gasteiger partial charge in [0.15, 0.2) is 0 Å². The minimum Gasteiger partial charge on any atom is -0.383 e. The lowest BCUT2D eigenvalue weighted by Gasteiger charge is -2.17. The third kappa shape index (κ3) is 3.69. The van der Waals surface area contributed by atoms with Crippen LogP contribution in [0, 0.1) is 6.92 Å². The van der Waals surface area contributed by atoms with Gasteiger partial charge in [-0.05, 0) is 19.1 Å². The first-order chi connectivity index (χ1) is 8.08. The molecule has 0 atom stereocenters. The highest BCUT2D eigenvalue weighted by atomic mass is 16.5. The van der Waals surface area contributed by atoms with Crippen LogP contribution in [0.3, 0.4) is 0 Å². The molecule has 1 heterocycles. The molecule has 0 aliphatic carbocycles. The lowest BCUT2D eigenvalue weighted by atomic mass is 10.2. The number of pyridine rings is 1. The Balaban J connectivity index is 2.84. The highest BCUT2D eigenvalue weighted by Gasteiger charge is 2.12. The zero-order valence-corrected chi connectivity index (χ0v) is 10.4. The molecule has 6 heteroatoms. The molecule has 94 valence electrons. The fraction of sp³-hybridized carbons (Fsp3) is 0.455. The fourth-order valence-corrected chi connectivity index (χ4v) is 1.42. The molecule has 3 N–H and O–H groups in total. The van der Waals surface area contributed by atoms with Crippen molar-refractivity contribution in [2.45, 2.75) is 6.92 Å². The summed E-state index contributed by atoms with van der Waals surface area (Å²) in [6.07, 6.45) is 0. The average Bonchev–Trinajstić information content (AvgIpc) is 2.34. The van der Waals surface area contributed by atoms with Crippen molar-refractivity contribution in [3.05, 3.63) is 23.4 Å². The molecule has 0 fully saturated rings. The Morgan fingerprint density at radius 2 is 2.29 bits per heavy atom. The van der Waals surface area contributed by atoms with Gasteiger partial charge in [0.05, 0.1) is 6.61 Å². The molecule has 6 nitrogen and oxygen atoms in total. The van der Waals surface area contributed by atoms with Crippen LogP contribution < -0.4 is 11.3 Å². The summed E-state index contributed by atoms with van der Waals surface area (Å²) in [5.74, 6) is 5.69. The van der Waals surface area contributed by atoms with Crippen LogP contribution in [-0.2, 0) is 4.74 Å². The Morgan fingerprint density at radius 3 is 2.88 bits per heavy atom. The third-order valence-corrected chi connectivity index (χ3v) is 2.33. The molecule has 17 heavy (non-hydrogen) atoms. The van der Waals surface area contributed by atoms with E-state index >= 15 is 0 Å². The summed E-state index contributed by atoms with van der Waals surface area (Å²) in [5.41, 5.74) is 3.74. The van der Waals surface area contributed by atoms with E-state index in [1.54, 1.807) is 31.2 Å². The standard InChI is InChI=1S/C11H18N4O2/c1-8-6-9(7-10(13-8)14-12)11(16)15(2)4-5-17-3/h6-7H,4-5,12H2,1-3H3,(H,13,14). The maximum absolute atomic E-state index is 12.0. The Kier molecular flexibility index (Phi) is 4.86. The Bertz CT molecular complexity index is 395. The smallest absolute Gasteiger partial charge is 0.253 e. The number of amides is 1. The maximum Gasteiger partial charge on any atom is 0.253 e. The quantitative estimate of drug-likeness (QED) is 0.573. The number of hydrogen-bond donors (Lipinski definition) is 2. The number of anilines is 1. The first-order valence-electron chi connectivity index (χ1n) is 5.28. The molecule has 0 aliphatic heterocycles. The number of nitrogen functional groups attached to an aromatic ring is 1. The van der Waals surface area contributed by atoms with Crippen LogP contribution in [0.2, 0.25) is 0 Å². The van der Waals surface area contributed by atoms with Gasteiger partial charge in [-0.3, -0.25) is 4.79 Å². The Hall–Kier alpha value is -1.66. The summed E-state index contributed by atoms with van der Waals surface area (Å²) >= 11 is 0. The van der Waals surface area contributed by atoms with Crippen LogP contribution >= 0.6 is 0 Å². The summed E-state index contributed by atoms with van der Waals surface area (Å²) in [6, 6.07) is 3.35.